The predicted octanol–water partition coefficient (Wildman–Crippen LogP) is 3.07. The molecule has 1 aliphatic rings. The molecule has 30 heavy (non-hydrogen) atoms. The van der Waals surface area contributed by atoms with E-state index in [0.717, 1.165) is 12.0 Å². The summed E-state index contributed by atoms with van der Waals surface area (Å²) < 4.78 is 1.39. The number of halogens is 1. The third-order valence-electron chi connectivity index (χ3n) is 5.84. The average Bonchev–Trinajstić information content (AvgIpc) is 2.72. The van der Waals surface area contributed by atoms with E-state index in [2.05, 4.69) is 18.9 Å². The van der Waals surface area contributed by atoms with E-state index in [1.807, 2.05) is 47.4 Å². The van der Waals surface area contributed by atoms with Crippen LogP contribution in [0.1, 0.15) is 36.3 Å². The molecule has 0 bridgehead atoms. The van der Waals surface area contributed by atoms with E-state index in [-0.39, 0.29) is 35.3 Å². The van der Waals surface area contributed by atoms with E-state index in [1.165, 1.54) is 4.68 Å². The van der Waals surface area contributed by atoms with E-state index in [0.29, 0.717) is 36.1 Å². The molecule has 3 aromatic rings. The number of carbonyl (C=O) groups excluding carboxylic acids is 1. The monoisotopic (exact) mass is 426 g/mol. The molecule has 4 rings (SSSR count). The normalized spacial score (nSPS) is 18.1. The first-order valence-electron chi connectivity index (χ1n) is 9.95. The number of rotatable bonds is 3. The van der Waals surface area contributed by atoms with E-state index < -0.39 is 0 Å². The third-order valence-corrected chi connectivity index (χ3v) is 5.84. The van der Waals surface area contributed by atoms with Gasteiger partial charge in [-0.05, 0) is 23.5 Å². The molecule has 1 aromatic heterocycles. The van der Waals surface area contributed by atoms with Gasteiger partial charge in [-0.25, -0.2) is 4.68 Å². The summed E-state index contributed by atoms with van der Waals surface area (Å²) >= 11 is 0. The van der Waals surface area contributed by atoms with Crippen LogP contribution in [0.15, 0.2) is 59.4 Å². The zero-order chi connectivity index (χ0) is 20.6. The quantitative estimate of drug-likeness (QED) is 0.697. The number of nitrogens with two attached hydrogens (primary N) is 1. The summed E-state index contributed by atoms with van der Waals surface area (Å²) in [5, 5.41) is 5.63. The number of hydrogen-bond donors (Lipinski definition) is 1. The molecule has 0 aliphatic carbocycles. The first-order chi connectivity index (χ1) is 13.9. The third kappa shape index (κ3) is 4.11. The Kier molecular flexibility index (Phi) is 6.29. The summed E-state index contributed by atoms with van der Waals surface area (Å²) in [5.41, 5.74) is 7.16. The summed E-state index contributed by atoms with van der Waals surface area (Å²) in [6, 6.07) is 16.9. The molecular formula is C23H27ClN4O2. The zero-order valence-corrected chi connectivity index (χ0v) is 18.1. The van der Waals surface area contributed by atoms with Crippen LogP contribution in [0.3, 0.4) is 0 Å². The highest BCUT2D eigenvalue weighted by Gasteiger charge is 2.36. The van der Waals surface area contributed by atoms with Gasteiger partial charge in [0.05, 0.1) is 11.9 Å². The van der Waals surface area contributed by atoms with Gasteiger partial charge >= 0.3 is 0 Å². The van der Waals surface area contributed by atoms with Crippen molar-refractivity contribution in [2.75, 3.05) is 13.1 Å². The van der Waals surface area contributed by atoms with Crippen molar-refractivity contribution in [2.45, 2.75) is 32.9 Å². The van der Waals surface area contributed by atoms with Crippen LogP contribution < -0.4 is 11.3 Å². The molecule has 0 saturated carbocycles. The Morgan fingerprint density at radius 1 is 1.10 bits per heavy atom. The summed E-state index contributed by atoms with van der Waals surface area (Å²) in [7, 11) is 0. The fourth-order valence-electron chi connectivity index (χ4n) is 3.95. The van der Waals surface area contributed by atoms with Gasteiger partial charge in [0.25, 0.3) is 11.5 Å². The summed E-state index contributed by atoms with van der Waals surface area (Å²) in [4.78, 5) is 28.2. The lowest BCUT2D eigenvalue weighted by Gasteiger charge is -2.42. The number of likely N-dealkylation sites (tertiary alicyclic amines) is 1. The number of fused-ring (bicyclic) bond motifs is 1. The molecule has 2 heterocycles. The smallest absolute Gasteiger partial charge is 0.274 e. The Labute approximate surface area is 182 Å². The van der Waals surface area contributed by atoms with Gasteiger partial charge in [0.1, 0.15) is 0 Å². The second-order valence-corrected chi connectivity index (χ2v) is 8.45. The van der Waals surface area contributed by atoms with E-state index in [1.54, 1.807) is 12.1 Å². The Morgan fingerprint density at radius 3 is 2.40 bits per heavy atom. The predicted molar refractivity (Wildman–Crippen MR) is 121 cm³/mol. The van der Waals surface area contributed by atoms with Crippen LogP contribution in [-0.4, -0.2) is 39.7 Å². The van der Waals surface area contributed by atoms with Crippen molar-refractivity contribution >= 4 is 29.1 Å². The minimum atomic E-state index is -0.193. The number of hydrogen-bond acceptors (Lipinski definition) is 4. The van der Waals surface area contributed by atoms with E-state index in [4.69, 9.17) is 5.73 Å². The van der Waals surface area contributed by atoms with Crippen LogP contribution >= 0.6 is 12.4 Å². The molecule has 1 amide bonds. The highest BCUT2D eigenvalue weighted by Crippen LogP contribution is 2.29. The Hall–Kier alpha value is -2.70. The number of nitrogens with zero attached hydrogens (tertiary/aromatic N) is 3. The number of benzene rings is 2. The molecule has 158 valence electrons. The van der Waals surface area contributed by atoms with E-state index >= 15 is 0 Å². The van der Waals surface area contributed by atoms with Gasteiger partial charge in [0.2, 0.25) is 0 Å². The first-order valence-corrected chi connectivity index (χ1v) is 9.95. The Morgan fingerprint density at radius 2 is 1.73 bits per heavy atom. The summed E-state index contributed by atoms with van der Waals surface area (Å²) in [6.45, 7) is 5.65. The number of carbonyl (C=O) groups is 1. The number of amides is 1. The van der Waals surface area contributed by atoms with Gasteiger partial charge in [0, 0.05) is 24.5 Å². The van der Waals surface area contributed by atoms with Crippen molar-refractivity contribution in [3.8, 4) is 0 Å². The molecule has 0 spiro atoms. The van der Waals surface area contributed by atoms with Gasteiger partial charge in [-0.2, -0.15) is 5.10 Å². The van der Waals surface area contributed by atoms with Gasteiger partial charge in [0.15, 0.2) is 5.69 Å². The van der Waals surface area contributed by atoms with Gasteiger partial charge < -0.3 is 10.6 Å². The second kappa shape index (κ2) is 8.58. The molecule has 2 aromatic carbocycles. The summed E-state index contributed by atoms with van der Waals surface area (Å²) in [5.74, 6) is -0.150. The van der Waals surface area contributed by atoms with Crippen LogP contribution in [0.25, 0.3) is 10.8 Å². The standard InChI is InChI=1S/C23H26N4O2.ClH/c1-23(2)15-26(13-12-19(23)24)22(29)20-17-10-6-7-11-18(17)21(28)27(25-20)14-16-8-4-3-5-9-16;/h3-11,19H,12-15,24H2,1-2H3;1H. The van der Waals surface area contributed by atoms with Crippen molar-refractivity contribution in [1.29, 1.82) is 0 Å². The molecule has 7 heteroatoms. The fraction of sp³-hybridized carbons (Fsp3) is 0.348. The van der Waals surface area contributed by atoms with Crippen LogP contribution in [0.4, 0.5) is 0 Å². The van der Waals surface area contributed by atoms with Crippen LogP contribution in [-0.2, 0) is 6.54 Å². The Balaban J connectivity index is 0.00000256. The van der Waals surface area contributed by atoms with Crippen molar-refractivity contribution < 1.29 is 4.79 Å². The average molecular weight is 427 g/mol. The fourth-order valence-corrected chi connectivity index (χ4v) is 3.95. The molecular weight excluding hydrogens is 400 g/mol. The molecule has 1 atom stereocenters. The lowest BCUT2D eigenvalue weighted by Crippen LogP contribution is -2.54. The molecule has 2 N–H and O–H groups in total. The van der Waals surface area contributed by atoms with Gasteiger partial charge in [-0.1, -0.05) is 62.4 Å². The molecule has 0 radical (unpaired) electrons. The first kappa shape index (κ1) is 22.0. The number of piperidine rings is 1. The van der Waals surface area contributed by atoms with Crippen molar-refractivity contribution in [2.24, 2.45) is 11.1 Å². The SMILES string of the molecule is CC1(C)CN(C(=O)c2nn(Cc3ccccc3)c(=O)c3ccccc23)CCC1N.Cl. The maximum atomic E-state index is 13.4. The maximum absolute atomic E-state index is 13.4. The lowest BCUT2D eigenvalue weighted by molar-refractivity contribution is 0.0527. The highest BCUT2D eigenvalue weighted by atomic mass is 35.5. The molecule has 1 unspecified atom stereocenters. The Bertz CT molecular complexity index is 1110. The lowest BCUT2D eigenvalue weighted by atomic mass is 9.79. The maximum Gasteiger partial charge on any atom is 0.274 e. The highest BCUT2D eigenvalue weighted by molar-refractivity contribution is 6.04. The number of aromatic nitrogens is 2. The minimum Gasteiger partial charge on any atom is -0.337 e. The van der Waals surface area contributed by atoms with Crippen LogP contribution in [0, 0.1) is 5.41 Å². The van der Waals surface area contributed by atoms with Gasteiger partial charge in [-0.15, -0.1) is 12.4 Å². The second-order valence-electron chi connectivity index (χ2n) is 8.45. The largest absolute Gasteiger partial charge is 0.337 e. The van der Waals surface area contributed by atoms with Crippen molar-refractivity contribution in [3.05, 3.63) is 76.2 Å². The zero-order valence-electron chi connectivity index (χ0n) is 17.2. The van der Waals surface area contributed by atoms with E-state index in [9.17, 15) is 9.59 Å². The molecule has 1 saturated heterocycles. The van der Waals surface area contributed by atoms with Crippen LogP contribution in [0.5, 0.6) is 0 Å². The van der Waals surface area contributed by atoms with Crippen LogP contribution in [0.2, 0.25) is 0 Å². The molecule has 1 fully saturated rings. The molecule has 6 nitrogen and oxygen atoms in total. The van der Waals surface area contributed by atoms with Crippen molar-refractivity contribution in [3.63, 3.8) is 0 Å². The summed E-state index contributed by atoms with van der Waals surface area (Å²) in [6.07, 6.45) is 0.750. The molecule has 1 aliphatic heterocycles. The van der Waals surface area contributed by atoms with Crippen molar-refractivity contribution in [1.82, 2.24) is 14.7 Å². The van der Waals surface area contributed by atoms with Gasteiger partial charge in [-0.3, -0.25) is 9.59 Å². The topological polar surface area (TPSA) is 81.2 Å². The minimum absolute atomic E-state index is 0.